The van der Waals surface area contributed by atoms with Crippen molar-refractivity contribution in [2.24, 2.45) is 0 Å². The molecule has 3 nitrogen and oxygen atoms in total. The van der Waals surface area contributed by atoms with Crippen LogP contribution < -0.4 is 9.80 Å². The fraction of sp³-hybridized carbons (Fsp3) is 0.333. The molecule has 2 aliphatic heterocycles. The number of benzene rings is 2. The number of nitrogens with zero attached hydrogens (tertiary/aromatic N) is 3. The Morgan fingerprint density at radius 3 is 2.26 bits per heavy atom. The van der Waals surface area contributed by atoms with Crippen molar-refractivity contribution in [1.29, 1.82) is 0 Å². The van der Waals surface area contributed by atoms with Gasteiger partial charge >= 0.3 is 0 Å². The molecule has 1 atom stereocenters. The van der Waals surface area contributed by atoms with Crippen molar-refractivity contribution in [3.8, 4) is 0 Å². The van der Waals surface area contributed by atoms with Gasteiger partial charge in [0.15, 0.2) is 0 Å². The topological polar surface area (TPSA) is 9.72 Å². The van der Waals surface area contributed by atoms with Gasteiger partial charge in [-0.05, 0) is 49.2 Å². The molecule has 0 spiro atoms. The van der Waals surface area contributed by atoms with Crippen LogP contribution in [0.25, 0.3) is 0 Å². The van der Waals surface area contributed by atoms with Crippen molar-refractivity contribution in [1.82, 2.24) is 4.90 Å². The maximum Gasteiger partial charge on any atom is 0.0491 e. The van der Waals surface area contributed by atoms with Crippen LogP contribution in [0, 0.1) is 0 Å². The van der Waals surface area contributed by atoms with Gasteiger partial charge in [-0.15, -0.1) is 0 Å². The molecule has 1 unspecified atom stereocenters. The van der Waals surface area contributed by atoms with E-state index in [-0.39, 0.29) is 0 Å². The van der Waals surface area contributed by atoms with E-state index in [4.69, 9.17) is 0 Å². The summed E-state index contributed by atoms with van der Waals surface area (Å²) in [5.74, 6) is 0. The largest absolute Gasteiger partial charge is 0.369 e. The van der Waals surface area contributed by atoms with E-state index in [9.17, 15) is 0 Å². The molecule has 2 aliphatic rings. The lowest BCUT2D eigenvalue weighted by Gasteiger charge is -2.36. The SMILES string of the molecule is CC1C=CC=CN1c1ccc(CCN2CCN(c3ccccc3)CC2)cc1. The second kappa shape index (κ2) is 8.45. The number of anilines is 2. The minimum Gasteiger partial charge on any atom is -0.369 e. The normalized spacial score (nSPS) is 20.3. The lowest BCUT2D eigenvalue weighted by atomic mass is 10.1. The maximum absolute atomic E-state index is 2.59. The average molecular weight is 360 g/mol. The van der Waals surface area contributed by atoms with Crippen molar-refractivity contribution < 1.29 is 0 Å². The second-order valence-corrected chi connectivity index (χ2v) is 7.45. The van der Waals surface area contributed by atoms with Gasteiger partial charge in [-0.1, -0.05) is 42.5 Å². The number of hydrogen-bond donors (Lipinski definition) is 0. The van der Waals surface area contributed by atoms with Crippen molar-refractivity contribution in [3.63, 3.8) is 0 Å². The summed E-state index contributed by atoms with van der Waals surface area (Å²) < 4.78 is 0. The van der Waals surface area contributed by atoms with Gasteiger partial charge in [-0.25, -0.2) is 0 Å². The summed E-state index contributed by atoms with van der Waals surface area (Å²) in [6.07, 6.45) is 9.72. The van der Waals surface area contributed by atoms with E-state index < -0.39 is 0 Å². The van der Waals surface area contributed by atoms with E-state index >= 15 is 0 Å². The molecule has 1 saturated heterocycles. The van der Waals surface area contributed by atoms with Gasteiger partial charge < -0.3 is 9.80 Å². The highest BCUT2D eigenvalue weighted by Crippen LogP contribution is 2.21. The summed E-state index contributed by atoms with van der Waals surface area (Å²) in [6, 6.07) is 20.3. The molecule has 0 amide bonds. The Kier molecular flexibility index (Phi) is 5.59. The van der Waals surface area contributed by atoms with Crippen molar-refractivity contribution in [2.45, 2.75) is 19.4 Å². The summed E-state index contributed by atoms with van der Waals surface area (Å²) in [4.78, 5) is 7.40. The summed E-state index contributed by atoms with van der Waals surface area (Å²) >= 11 is 0. The minimum atomic E-state index is 0.418. The second-order valence-electron chi connectivity index (χ2n) is 7.45. The zero-order valence-electron chi connectivity index (χ0n) is 16.2. The number of allylic oxidation sites excluding steroid dienone is 2. The Bertz CT molecular complexity index is 771. The molecule has 27 heavy (non-hydrogen) atoms. The van der Waals surface area contributed by atoms with Gasteiger partial charge in [0.2, 0.25) is 0 Å². The van der Waals surface area contributed by atoms with E-state index in [0.29, 0.717) is 6.04 Å². The molecule has 1 fully saturated rings. The van der Waals surface area contributed by atoms with Crippen molar-refractivity contribution in [3.05, 3.63) is 84.6 Å². The van der Waals surface area contributed by atoms with Crippen LogP contribution >= 0.6 is 0 Å². The van der Waals surface area contributed by atoms with E-state index in [2.05, 4.69) is 101 Å². The highest BCUT2D eigenvalue weighted by Gasteiger charge is 2.17. The highest BCUT2D eigenvalue weighted by atomic mass is 15.3. The van der Waals surface area contributed by atoms with Gasteiger partial charge in [0, 0.05) is 56.3 Å². The van der Waals surface area contributed by atoms with Gasteiger partial charge in [0.25, 0.3) is 0 Å². The Morgan fingerprint density at radius 1 is 0.815 bits per heavy atom. The number of hydrogen-bond acceptors (Lipinski definition) is 3. The molecule has 0 aromatic heterocycles. The highest BCUT2D eigenvalue weighted by molar-refractivity contribution is 5.53. The van der Waals surface area contributed by atoms with Crippen molar-refractivity contribution in [2.75, 3.05) is 42.5 Å². The minimum absolute atomic E-state index is 0.418. The van der Waals surface area contributed by atoms with Crippen LogP contribution in [0.1, 0.15) is 12.5 Å². The maximum atomic E-state index is 2.59. The molecule has 2 heterocycles. The summed E-state index contributed by atoms with van der Waals surface area (Å²) in [7, 11) is 0. The first kappa shape index (κ1) is 17.9. The van der Waals surface area contributed by atoms with E-state index in [0.717, 1.165) is 39.1 Å². The number of rotatable bonds is 5. The molecule has 4 rings (SSSR count). The molecule has 0 radical (unpaired) electrons. The molecule has 2 aromatic rings. The fourth-order valence-electron chi connectivity index (χ4n) is 3.91. The predicted octanol–water partition coefficient (Wildman–Crippen LogP) is 4.33. The fourth-order valence-corrected chi connectivity index (χ4v) is 3.91. The summed E-state index contributed by atoms with van der Waals surface area (Å²) in [5.41, 5.74) is 4.04. The molecular weight excluding hydrogens is 330 g/mol. The third-order valence-electron chi connectivity index (χ3n) is 5.63. The molecule has 0 saturated carbocycles. The van der Waals surface area contributed by atoms with E-state index in [1.54, 1.807) is 0 Å². The van der Waals surface area contributed by atoms with Crippen LogP contribution in [0.4, 0.5) is 11.4 Å². The van der Waals surface area contributed by atoms with Crippen LogP contribution in [-0.4, -0.2) is 43.7 Å². The van der Waals surface area contributed by atoms with Crippen LogP contribution in [-0.2, 0) is 6.42 Å². The lowest BCUT2D eigenvalue weighted by Crippen LogP contribution is -2.46. The number of para-hydroxylation sites is 1. The molecular formula is C24H29N3. The summed E-state index contributed by atoms with van der Waals surface area (Å²) in [5, 5.41) is 0. The van der Waals surface area contributed by atoms with Crippen molar-refractivity contribution >= 4 is 11.4 Å². The molecule has 0 aliphatic carbocycles. The molecule has 0 bridgehead atoms. The standard InChI is InChI=1S/C24H29N3/c1-21-7-5-6-15-27(21)24-12-10-22(11-13-24)14-16-25-17-19-26(20-18-25)23-8-3-2-4-9-23/h2-13,15,21H,14,16-20H2,1H3. The first-order chi connectivity index (χ1) is 13.3. The zero-order chi connectivity index (χ0) is 18.5. The molecule has 140 valence electrons. The Labute approximate surface area is 163 Å². The van der Waals surface area contributed by atoms with Crippen LogP contribution in [0.5, 0.6) is 0 Å². The first-order valence-electron chi connectivity index (χ1n) is 10.0. The molecule has 2 aromatic carbocycles. The Hall–Kier alpha value is -2.52. The van der Waals surface area contributed by atoms with Gasteiger partial charge in [0.1, 0.15) is 0 Å². The Morgan fingerprint density at radius 2 is 1.56 bits per heavy atom. The lowest BCUT2D eigenvalue weighted by molar-refractivity contribution is 0.261. The van der Waals surface area contributed by atoms with Crippen LogP contribution in [0.15, 0.2) is 79.0 Å². The van der Waals surface area contributed by atoms with Gasteiger partial charge in [-0.2, -0.15) is 0 Å². The number of piperazine rings is 1. The van der Waals surface area contributed by atoms with Gasteiger partial charge in [-0.3, -0.25) is 4.90 Å². The van der Waals surface area contributed by atoms with Gasteiger partial charge in [0.05, 0.1) is 0 Å². The molecule has 3 heteroatoms. The third-order valence-corrected chi connectivity index (χ3v) is 5.63. The van der Waals surface area contributed by atoms with Crippen LogP contribution in [0.3, 0.4) is 0 Å². The van der Waals surface area contributed by atoms with E-state index in [1.807, 2.05) is 0 Å². The average Bonchev–Trinajstić information content (AvgIpc) is 2.74. The molecule has 0 N–H and O–H groups in total. The quantitative estimate of drug-likeness (QED) is 0.787. The zero-order valence-corrected chi connectivity index (χ0v) is 16.2. The first-order valence-corrected chi connectivity index (χ1v) is 10.0. The predicted molar refractivity (Wildman–Crippen MR) is 115 cm³/mol. The van der Waals surface area contributed by atoms with Crippen LogP contribution in [0.2, 0.25) is 0 Å². The third kappa shape index (κ3) is 4.42. The Balaban J connectivity index is 1.26. The van der Waals surface area contributed by atoms with E-state index in [1.165, 1.54) is 16.9 Å². The smallest absolute Gasteiger partial charge is 0.0491 e. The summed E-state index contributed by atoms with van der Waals surface area (Å²) in [6.45, 7) is 7.91. The monoisotopic (exact) mass is 359 g/mol.